The summed E-state index contributed by atoms with van der Waals surface area (Å²) < 4.78 is 0. The molecule has 1 amide bonds. The number of nitrogens with zero attached hydrogens (tertiary/aromatic N) is 2. The molecule has 0 N–H and O–H groups in total. The van der Waals surface area contributed by atoms with Crippen LogP contribution in [0.3, 0.4) is 0 Å². The van der Waals surface area contributed by atoms with Crippen molar-refractivity contribution in [3.05, 3.63) is 77.4 Å². The largest absolute Gasteiger partial charge is 0.292 e. The predicted octanol–water partition coefficient (Wildman–Crippen LogP) is 3.56. The zero-order chi connectivity index (χ0) is 16.9. The van der Waals surface area contributed by atoms with Crippen molar-refractivity contribution in [1.29, 1.82) is 0 Å². The molecule has 0 fully saturated rings. The molecule has 0 radical (unpaired) electrons. The SMILES string of the molecule is CC1=NN(CC(=O)c2ccccc2)C(=O)C/C1=C\c1ccccc1. The van der Waals surface area contributed by atoms with Crippen molar-refractivity contribution in [3.8, 4) is 0 Å². The summed E-state index contributed by atoms with van der Waals surface area (Å²) in [5.41, 5.74) is 3.27. The summed E-state index contributed by atoms with van der Waals surface area (Å²) >= 11 is 0. The minimum Gasteiger partial charge on any atom is -0.292 e. The van der Waals surface area contributed by atoms with Gasteiger partial charge in [-0.15, -0.1) is 0 Å². The molecule has 0 bridgehead atoms. The highest BCUT2D eigenvalue weighted by Crippen LogP contribution is 2.19. The van der Waals surface area contributed by atoms with Gasteiger partial charge in [-0.25, -0.2) is 5.01 Å². The van der Waals surface area contributed by atoms with Crippen LogP contribution in [0.25, 0.3) is 6.08 Å². The standard InChI is InChI=1S/C20H18N2O2/c1-15-18(12-16-8-4-2-5-9-16)13-20(24)22(21-15)14-19(23)17-10-6-3-7-11-17/h2-12H,13-14H2,1H3/b18-12+. The average molecular weight is 318 g/mol. The van der Waals surface area contributed by atoms with Gasteiger partial charge in [0.2, 0.25) is 5.91 Å². The summed E-state index contributed by atoms with van der Waals surface area (Å²) in [6, 6.07) is 18.8. The van der Waals surface area contributed by atoms with E-state index < -0.39 is 0 Å². The van der Waals surface area contributed by atoms with Gasteiger partial charge in [0, 0.05) is 5.56 Å². The van der Waals surface area contributed by atoms with Gasteiger partial charge < -0.3 is 0 Å². The fourth-order valence-corrected chi connectivity index (χ4v) is 2.56. The normalized spacial score (nSPS) is 16.2. The van der Waals surface area contributed by atoms with E-state index in [1.54, 1.807) is 24.3 Å². The van der Waals surface area contributed by atoms with Crippen LogP contribution in [-0.2, 0) is 4.79 Å². The Morgan fingerprint density at radius 3 is 2.38 bits per heavy atom. The van der Waals surface area contributed by atoms with Crippen molar-refractivity contribution in [2.75, 3.05) is 6.54 Å². The van der Waals surface area contributed by atoms with Crippen LogP contribution in [-0.4, -0.2) is 29.0 Å². The number of carbonyl (C=O) groups excluding carboxylic acids is 2. The Balaban J connectivity index is 1.77. The Morgan fingerprint density at radius 2 is 1.71 bits per heavy atom. The third kappa shape index (κ3) is 3.66. The second-order valence-electron chi connectivity index (χ2n) is 5.68. The fraction of sp³-hybridized carbons (Fsp3) is 0.150. The maximum absolute atomic E-state index is 12.3. The van der Waals surface area contributed by atoms with Crippen LogP contribution in [0, 0.1) is 0 Å². The van der Waals surface area contributed by atoms with Crippen LogP contribution >= 0.6 is 0 Å². The molecule has 0 unspecified atom stereocenters. The third-order valence-electron chi connectivity index (χ3n) is 3.89. The lowest BCUT2D eigenvalue weighted by atomic mass is 10.0. The van der Waals surface area contributed by atoms with Gasteiger partial charge in [-0.2, -0.15) is 5.10 Å². The van der Waals surface area contributed by atoms with Crippen molar-refractivity contribution < 1.29 is 9.59 Å². The van der Waals surface area contributed by atoms with Gasteiger partial charge in [-0.3, -0.25) is 9.59 Å². The van der Waals surface area contributed by atoms with E-state index >= 15 is 0 Å². The van der Waals surface area contributed by atoms with E-state index in [0.717, 1.165) is 16.8 Å². The third-order valence-corrected chi connectivity index (χ3v) is 3.89. The molecule has 4 nitrogen and oxygen atoms in total. The number of ketones is 1. The second-order valence-corrected chi connectivity index (χ2v) is 5.68. The number of benzene rings is 2. The van der Waals surface area contributed by atoms with Gasteiger partial charge in [0.05, 0.1) is 12.1 Å². The monoisotopic (exact) mass is 318 g/mol. The molecule has 1 aliphatic heterocycles. The number of amides is 1. The molecule has 0 atom stereocenters. The highest BCUT2D eigenvalue weighted by atomic mass is 16.2. The molecule has 3 rings (SSSR count). The molecule has 2 aromatic rings. The summed E-state index contributed by atoms with van der Waals surface area (Å²) in [6.45, 7) is 1.83. The first kappa shape index (κ1) is 15.9. The van der Waals surface area contributed by atoms with Gasteiger partial charge >= 0.3 is 0 Å². The lowest BCUT2D eigenvalue weighted by Gasteiger charge is -2.23. The van der Waals surface area contributed by atoms with Crippen LogP contribution in [0.4, 0.5) is 0 Å². The van der Waals surface area contributed by atoms with Gasteiger partial charge in [0.1, 0.15) is 6.54 Å². The van der Waals surface area contributed by atoms with Crippen molar-refractivity contribution >= 4 is 23.5 Å². The maximum Gasteiger partial charge on any atom is 0.247 e. The Bertz CT molecular complexity index is 808. The molecule has 0 aliphatic carbocycles. The smallest absolute Gasteiger partial charge is 0.247 e. The second kappa shape index (κ2) is 7.04. The first-order valence-electron chi connectivity index (χ1n) is 7.83. The van der Waals surface area contributed by atoms with E-state index in [2.05, 4.69) is 5.10 Å². The first-order chi connectivity index (χ1) is 11.6. The Morgan fingerprint density at radius 1 is 1.08 bits per heavy atom. The molecule has 2 aromatic carbocycles. The first-order valence-corrected chi connectivity index (χ1v) is 7.83. The summed E-state index contributed by atoms with van der Waals surface area (Å²) in [5.74, 6) is -0.275. The molecule has 0 saturated carbocycles. The maximum atomic E-state index is 12.3. The quantitative estimate of drug-likeness (QED) is 0.809. The highest BCUT2D eigenvalue weighted by Gasteiger charge is 2.24. The molecule has 4 heteroatoms. The lowest BCUT2D eigenvalue weighted by Crippen LogP contribution is -2.36. The molecule has 0 saturated heterocycles. The molecular weight excluding hydrogens is 300 g/mol. The van der Waals surface area contributed by atoms with Crippen LogP contribution in [0.1, 0.15) is 29.3 Å². The van der Waals surface area contributed by atoms with Crippen LogP contribution < -0.4 is 0 Å². The Hall–Kier alpha value is -3.01. The topological polar surface area (TPSA) is 49.7 Å². The molecule has 1 aliphatic rings. The van der Waals surface area contributed by atoms with Crippen molar-refractivity contribution in [3.63, 3.8) is 0 Å². The van der Waals surface area contributed by atoms with Crippen LogP contribution in [0.2, 0.25) is 0 Å². The van der Waals surface area contributed by atoms with E-state index in [4.69, 9.17) is 0 Å². The van der Waals surface area contributed by atoms with Crippen molar-refractivity contribution in [1.82, 2.24) is 5.01 Å². The van der Waals surface area contributed by atoms with Crippen LogP contribution in [0.15, 0.2) is 71.3 Å². The molecule has 0 spiro atoms. The minimum atomic E-state index is -0.160. The van der Waals surface area contributed by atoms with E-state index in [9.17, 15) is 9.59 Å². The Kier molecular flexibility index (Phi) is 4.66. The fourth-order valence-electron chi connectivity index (χ4n) is 2.56. The molecule has 1 heterocycles. The van der Waals surface area contributed by atoms with Gasteiger partial charge in [-0.1, -0.05) is 60.7 Å². The number of Topliss-reactive ketones (excluding diaryl/α,β-unsaturated/α-hetero) is 1. The molecular formula is C20H18N2O2. The number of hydrogen-bond acceptors (Lipinski definition) is 3. The van der Waals surface area contributed by atoms with Crippen LogP contribution in [0.5, 0.6) is 0 Å². The number of rotatable bonds is 4. The predicted molar refractivity (Wildman–Crippen MR) is 94.6 cm³/mol. The Labute approximate surface area is 141 Å². The van der Waals surface area contributed by atoms with Crippen molar-refractivity contribution in [2.24, 2.45) is 5.10 Å². The van der Waals surface area contributed by atoms with Gasteiger partial charge in [0.25, 0.3) is 0 Å². The van der Waals surface area contributed by atoms with E-state index in [0.29, 0.717) is 5.56 Å². The molecule has 120 valence electrons. The zero-order valence-electron chi connectivity index (χ0n) is 13.5. The number of hydrazone groups is 1. The average Bonchev–Trinajstić information content (AvgIpc) is 2.61. The minimum absolute atomic E-state index is 0.0290. The van der Waals surface area contributed by atoms with Gasteiger partial charge in [-0.05, 0) is 24.1 Å². The molecule has 24 heavy (non-hydrogen) atoms. The van der Waals surface area contributed by atoms with E-state index in [1.165, 1.54) is 5.01 Å². The van der Waals surface area contributed by atoms with E-state index in [1.807, 2.05) is 49.4 Å². The number of carbonyl (C=O) groups is 2. The highest BCUT2D eigenvalue weighted by molar-refractivity contribution is 6.09. The van der Waals surface area contributed by atoms with E-state index in [-0.39, 0.29) is 24.7 Å². The van der Waals surface area contributed by atoms with Crippen molar-refractivity contribution in [2.45, 2.75) is 13.3 Å². The zero-order valence-corrected chi connectivity index (χ0v) is 13.5. The summed E-state index contributed by atoms with van der Waals surface area (Å²) in [5, 5.41) is 5.59. The van der Waals surface area contributed by atoms with Gasteiger partial charge in [0.15, 0.2) is 5.78 Å². The summed E-state index contributed by atoms with van der Waals surface area (Å²) in [4.78, 5) is 24.6. The molecule has 0 aromatic heterocycles. The lowest BCUT2D eigenvalue weighted by molar-refractivity contribution is -0.130. The summed E-state index contributed by atoms with van der Waals surface area (Å²) in [6.07, 6.45) is 2.22. The number of hydrogen-bond donors (Lipinski definition) is 0. The summed E-state index contributed by atoms with van der Waals surface area (Å²) in [7, 11) is 0.